The molecule has 3 heterocycles. The lowest BCUT2D eigenvalue weighted by Gasteiger charge is -2.19. The fourth-order valence-electron chi connectivity index (χ4n) is 4.92. The van der Waals surface area contributed by atoms with Crippen molar-refractivity contribution in [3.05, 3.63) is 54.0 Å². The first-order valence-corrected chi connectivity index (χ1v) is 8.91. The Balaban J connectivity index is 1.53. The van der Waals surface area contributed by atoms with Gasteiger partial charge in [-0.25, -0.2) is 0 Å². The van der Waals surface area contributed by atoms with Crippen LogP contribution >= 0.6 is 0 Å². The molecule has 1 aromatic carbocycles. The molecule has 1 spiro atoms. The lowest BCUT2D eigenvalue weighted by molar-refractivity contribution is 0.113. The van der Waals surface area contributed by atoms with Crippen LogP contribution in [0.15, 0.2) is 42.7 Å². The predicted molar refractivity (Wildman–Crippen MR) is 95.9 cm³/mol. The van der Waals surface area contributed by atoms with Gasteiger partial charge in [-0.2, -0.15) is 9.61 Å². The molecule has 1 aliphatic heterocycles. The van der Waals surface area contributed by atoms with Crippen LogP contribution < -0.4 is 4.90 Å². The van der Waals surface area contributed by atoms with Crippen molar-refractivity contribution in [1.82, 2.24) is 19.8 Å². The Labute approximate surface area is 150 Å². The van der Waals surface area contributed by atoms with E-state index < -0.39 is 6.10 Å². The van der Waals surface area contributed by atoms with E-state index in [4.69, 9.17) is 0 Å². The molecular formula is C19H21N5O2. The van der Waals surface area contributed by atoms with Crippen LogP contribution in [-0.2, 0) is 0 Å². The summed E-state index contributed by atoms with van der Waals surface area (Å²) in [6.45, 7) is 3.22. The summed E-state index contributed by atoms with van der Waals surface area (Å²) >= 11 is 0. The van der Waals surface area contributed by atoms with E-state index in [0.29, 0.717) is 18.7 Å². The Morgan fingerprint density at radius 1 is 1.27 bits per heavy atom. The molecular weight excluding hydrogens is 330 g/mol. The summed E-state index contributed by atoms with van der Waals surface area (Å²) in [5.41, 5.74) is 3.37. The fraction of sp³-hybridized carbons (Fsp3) is 0.421. The Morgan fingerprint density at radius 3 is 2.85 bits per heavy atom. The second-order valence-corrected chi connectivity index (χ2v) is 7.46. The van der Waals surface area contributed by atoms with Gasteiger partial charge in [-0.1, -0.05) is 30.3 Å². The van der Waals surface area contributed by atoms with Gasteiger partial charge in [0.1, 0.15) is 6.33 Å². The molecule has 0 bridgehead atoms. The van der Waals surface area contributed by atoms with Crippen molar-refractivity contribution in [2.45, 2.75) is 18.9 Å². The molecule has 7 nitrogen and oxygen atoms in total. The van der Waals surface area contributed by atoms with Crippen LogP contribution in [0.1, 0.15) is 17.2 Å². The van der Waals surface area contributed by atoms with Crippen LogP contribution in [0.4, 0.5) is 5.69 Å². The first-order chi connectivity index (χ1) is 12.6. The van der Waals surface area contributed by atoms with E-state index in [1.165, 1.54) is 5.56 Å². The molecule has 2 fully saturated rings. The second-order valence-electron chi connectivity index (χ2n) is 7.46. The van der Waals surface area contributed by atoms with Crippen molar-refractivity contribution in [3.63, 3.8) is 0 Å². The standard InChI is InChI=1S/C19H21N5O2/c1-12-7-15(18-21-20-11-24(18)22-12)23-8-16(26)19(10-23)14(9-25)17(19)13-5-3-2-4-6-13/h2-7,11,14,16-17,25-26H,8-10H2,1H3/t14-,16-,17-,19-/m1/s1. The number of aliphatic hydroxyl groups is 2. The number of benzene rings is 1. The van der Waals surface area contributed by atoms with Gasteiger partial charge in [-0.15, -0.1) is 10.2 Å². The molecule has 2 aliphatic rings. The zero-order valence-electron chi connectivity index (χ0n) is 14.5. The highest BCUT2D eigenvalue weighted by Gasteiger charge is 2.71. The molecule has 134 valence electrons. The number of fused-ring (bicyclic) bond motifs is 1. The smallest absolute Gasteiger partial charge is 0.200 e. The Kier molecular flexibility index (Phi) is 3.32. The molecule has 0 amide bonds. The number of anilines is 1. The molecule has 1 saturated carbocycles. The molecule has 0 radical (unpaired) electrons. The number of nitrogens with zero attached hydrogens (tertiary/aromatic N) is 5. The van der Waals surface area contributed by atoms with Crippen molar-refractivity contribution in [2.75, 3.05) is 24.6 Å². The second kappa shape index (κ2) is 5.49. The lowest BCUT2D eigenvalue weighted by Crippen LogP contribution is -2.23. The Bertz CT molecular complexity index is 959. The zero-order chi connectivity index (χ0) is 17.9. The summed E-state index contributed by atoms with van der Waals surface area (Å²) in [6, 6.07) is 12.2. The van der Waals surface area contributed by atoms with Crippen LogP contribution in [-0.4, -0.2) is 55.8 Å². The number of aromatic nitrogens is 4. The van der Waals surface area contributed by atoms with E-state index in [-0.39, 0.29) is 23.9 Å². The number of hydrogen-bond acceptors (Lipinski definition) is 6. The van der Waals surface area contributed by atoms with Crippen LogP contribution in [0.5, 0.6) is 0 Å². The number of rotatable bonds is 3. The molecule has 1 saturated heterocycles. The molecule has 4 atom stereocenters. The summed E-state index contributed by atoms with van der Waals surface area (Å²) in [4.78, 5) is 2.16. The topological polar surface area (TPSA) is 86.8 Å². The largest absolute Gasteiger partial charge is 0.396 e. The van der Waals surface area contributed by atoms with Gasteiger partial charge in [0.15, 0.2) is 0 Å². The first kappa shape index (κ1) is 15.7. The molecule has 26 heavy (non-hydrogen) atoms. The number of hydrogen-bond donors (Lipinski definition) is 2. The summed E-state index contributed by atoms with van der Waals surface area (Å²) in [7, 11) is 0. The Morgan fingerprint density at radius 2 is 2.08 bits per heavy atom. The number of aliphatic hydroxyl groups excluding tert-OH is 2. The van der Waals surface area contributed by atoms with E-state index in [1.54, 1.807) is 10.8 Å². The molecule has 0 unspecified atom stereocenters. The fourth-order valence-corrected chi connectivity index (χ4v) is 4.92. The highest BCUT2D eigenvalue weighted by molar-refractivity contribution is 5.69. The van der Waals surface area contributed by atoms with E-state index >= 15 is 0 Å². The van der Waals surface area contributed by atoms with Crippen LogP contribution in [0.2, 0.25) is 0 Å². The van der Waals surface area contributed by atoms with Gasteiger partial charge in [0.25, 0.3) is 0 Å². The Hall–Kier alpha value is -2.51. The molecule has 2 N–H and O–H groups in total. The maximum atomic E-state index is 11.0. The molecule has 3 aromatic rings. The van der Waals surface area contributed by atoms with Gasteiger partial charge in [0.2, 0.25) is 5.65 Å². The minimum atomic E-state index is -0.499. The predicted octanol–water partition coefficient (Wildman–Crippen LogP) is 1.01. The van der Waals surface area contributed by atoms with Crippen molar-refractivity contribution in [1.29, 1.82) is 0 Å². The molecule has 5 rings (SSSR count). The lowest BCUT2D eigenvalue weighted by atomic mass is 9.95. The minimum Gasteiger partial charge on any atom is -0.396 e. The molecule has 2 aromatic heterocycles. The summed E-state index contributed by atoms with van der Waals surface area (Å²) in [5, 5.41) is 33.5. The van der Waals surface area contributed by atoms with Crippen molar-refractivity contribution >= 4 is 11.3 Å². The maximum Gasteiger partial charge on any atom is 0.200 e. The monoisotopic (exact) mass is 351 g/mol. The van der Waals surface area contributed by atoms with E-state index in [9.17, 15) is 10.2 Å². The minimum absolute atomic E-state index is 0.0710. The summed E-state index contributed by atoms with van der Waals surface area (Å²) in [6.07, 6.45) is 1.09. The number of β-amino-alcohol motifs (C(OH)–C–C–N with tert-alkyl or cyclic N) is 1. The van der Waals surface area contributed by atoms with Crippen molar-refractivity contribution in [3.8, 4) is 0 Å². The normalized spacial score (nSPS) is 30.4. The SMILES string of the molecule is Cc1cc(N2C[C@@H](O)[C@@]3(C2)[C@H](CO)[C@H]3c2ccccc2)c2nncn2n1. The van der Waals surface area contributed by atoms with E-state index in [0.717, 1.165) is 11.4 Å². The van der Waals surface area contributed by atoms with Gasteiger partial charge < -0.3 is 15.1 Å². The third kappa shape index (κ3) is 2.04. The average molecular weight is 351 g/mol. The number of aryl methyl sites for hydroxylation is 1. The van der Waals surface area contributed by atoms with Gasteiger partial charge in [0.05, 0.1) is 17.5 Å². The summed E-state index contributed by atoms with van der Waals surface area (Å²) in [5.74, 6) is 0.243. The molecule has 7 heteroatoms. The van der Waals surface area contributed by atoms with Gasteiger partial charge in [0, 0.05) is 25.1 Å². The van der Waals surface area contributed by atoms with Gasteiger partial charge in [-0.05, 0) is 30.4 Å². The first-order valence-electron chi connectivity index (χ1n) is 8.91. The quantitative estimate of drug-likeness (QED) is 0.732. The van der Waals surface area contributed by atoms with Crippen molar-refractivity contribution in [2.24, 2.45) is 11.3 Å². The maximum absolute atomic E-state index is 11.0. The third-order valence-electron chi connectivity index (χ3n) is 6.11. The highest BCUT2D eigenvalue weighted by atomic mass is 16.3. The van der Waals surface area contributed by atoms with E-state index in [2.05, 4.69) is 32.3 Å². The summed E-state index contributed by atoms with van der Waals surface area (Å²) < 4.78 is 1.67. The average Bonchev–Trinajstić information content (AvgIpc) is 2.89. The molecule has 1 aliphatic carbocycles. The van der Waals surface area contributed by atoms with Gasteiger partial charge in [-0.3, -0.25) is 0 Å². The van der Waals surface area contributed by atoms with Crippen LogP contribution in [0.25, 0.3) is 5.65 Å². The van der Waals surface area contributed by atoms with Gasteiger partial charge >= 0.3 is 0 Å². The third-order valence-corrected chi connectivity index (χ3v) is 6.11. The zero-order valence-corrected chi connectivity index (χ0v) is 14.5. The van der Waals surface area contributed by atoms with Crippen LogP contribution in [0.3, 0.4) is 0 Å². The highest BCUT2D eigenvalue weighted by Crippen LogP contribution is 2.69. The van der Waals surface area contributed by atoms with Crippen molar-refractivity contribution < 1.29 is 10.2 Å². The van der Waals surface area contributed by atoms with Crippen LogP contribution in [0, 0.1) is 18.3 Å². The van der Waals surface area contributed by atoms with E-state index in [1.807, 2.05) is 31.2 Å².